The molecule has 0 aromatic carbocycles. The SMILES string of the molecule is CCn1cc(S(C)(=O)=O)c(N)n1. The molecule has 0 amide bonds. The average molecular weight is 189 g/mol. The lowest BCUT2D eigenvalue weighted by molar-refractivity contribution is 0.601. The zero-order valence-corrected chi connectivity index (χ0v) is 7.80. The Morgan fingerprint density at radius 1 is 1.67 bits per heavy atom. The highest BCUT2D eigenvalue weighted by Crippen LogP contribution is 2.15. The molecular formula is C6H11N3O2S. The molecule has 0 atom stereocenters. The van der Waals surface area contributed by atoms with Crippen molar-refractivity contribution in [2.75, 3.05) is 12.0 Å². The Kier molecular flexibility index (Phi) is 2.10. The van der Waals surface area contributed by atoms with Crippen LogP contribution in [0.1, 0.15) is 6.92 Å². The van der Waals surface area contributed by atoms with Crippen LogP contribution >= 0.6 is 0 Å². The monoisotopic (exact) mass is 189 g/mol. The summed E-state index contributed by atoms with van der Waals surface area (Å²) in [6, 6.07) is 0. The topological polar surface area (TPSA) is 78.0 Å². The van der Waals surface area contributed by atoms with E-state index < -0.39 is 9.84 Å². The summed E-state index contributed by atoms with van der Waals surface area (Å²) in [5.74, 6) is 0.0688. The van der Waals surface area contributed by atoms with E-state index in [0.717, 1.165) is 6.26 Å². The maximum absolute atomic E-state index is 11.0. The summed E-state index contributed by atoms with van der Waals surface area (Å²) < 4.78 is 23.6. The molecule has 0 aliphatic rings. The molecule has 0 unspecified atom stereocenters. The molecule has 6 heteroatoms. The van der Waals surface area contributed by atoms with Gasteiger partial charge in [-0.15, -0.1) is 0 Å². The standard InChI is InChI=1S/C6H11N3O2S/c1-3-9-4-5(6(7)8-9)12(2,10)11/h4H,3H2,1-2H3,(H2,7,8). The van der Waals surface area contributed by atoms with E-state index in [1.54, 1.807) is 0 Å². The average Bonchev–Trinajstić information content (AvgIpc) is 2.29. The summed E-state index contributed by atoms with van der Waals surface area (Å²) in [6.07, 6.45) is 2.55. The number of hydrogen-bond acceptors (Lipinski definition) is 4. The zero-order chi connectivity index (χ0) is 9.35. The fourth-order valence-corrected chi connectivity index (χ4v) is 1.60. The van der Waals surface area contributed by atoms with Crippen molar-refractivity contribution in [3.05, 3.63) is 6.20 Å². The van der Waals surface area contributed by atoms with Gasteiger partial charge in [0, 0.05) is 19.0 Å². The Labute approximate surface area is 71.1 Å². The van der Waals surface area contributed by atoms with E-state index in [1.807, 2.05) is 6.92 Å². The molecule has 0 spiro atoms. The molecule has 0 fully saturated rings. The predicted octanol–water partition coefficient (Wildman–Crippen LogP) is -0.111. The van der Waals surface area contributed by atoms with Crippen LogP contribution in [0.25, 0.3) is 0 Å². The Morgan fingerprint density at radius 2 is 2.25 bits per heavy atom. The fraction of sp³-hybridized carbons (Fsp3) is 0.500. The van der Waals surface area contributed by atoms with Crippen LogP contribution in [0.3, 0.4) is 0 Å². The first-order chi connectivity index (χ1) is 5.45. The molecule has 68 valence electrons. The number of nitrogen functional groups attached to an aromatic ring is 1. The Bertz CT molecular complexity index is 379. The predicted molar refractivity (Wildman–Crippen MR) is 45.4 cm³/mol. The first-order valence-corrected chi connectivity index (χ1v) is 5.37. The molecule has 1 heterocycles. The largest absolute Gasteiger partial charge is 0.381 e. The molecule has 5 nitrogen and oxygen atoms in total. The number of hydrogen-bond donors (Lipinski definition) is 1. The number of aromatic nitrogens is 2. The number of rotatable bonds is 2. The molecule has 0 aliphatic carbocycles. The van der Waals surface area contributed by atoms with E-state index in [1.165, 1.54) is 10.9 Å². The zero-order valence-electron chi connectivity index (χ0n) is 6.98. The molecule has 2 N–H and O–H groups in total. The lowest BCUT2D eigenvalue weighted by Gasteiger charge is -1.90. The summed E-state index contributed by atoms with van der Waals surface area (Å²) >= 11 is 0. The molecule has 0 radical (unpaired) electrons. The van der Waals surface area contributed by atoms with Crippen molar-refractivity contribution >= 4 is 15.7 Å². The van der Waals surface area contributed by atoms with Crippen LogP contribution in [0.15, 0.2) is 11.1 Å². The number of anilines is 1. The van der Waals surface area contributed by atoms with E-state index in [9.17, 15) is 8.42 Å². The van der Waals surface area contributed by atoms with Gasteiger partial charge in [-0.2, -0.15) is 5.10 Å². The third-order valence-corrected chi connectivity index (χ3v) is 2.59. The minimum absolute atomic E-state index is 0.0688. The molecule has 1 rings (SSSR count). The minimum atomic E-state index is -3.23. The van der Waals surface area contributed by atoms with Crippen LogP contribution in [0, 0.1) is 0 Å². The van der Waals surface area contributed by atoms with E-state index in [-0.39, 0.29) is 10.7 Å². The van der Waals surface area contributed by atoms with Crippen molar-refractivity contribution in [1.29, 1.82) is 0 Å². The van der Waals surface area contributed by atoms with Gasteiger partial charge in [0.15, 0.2) is 15.7 Å². The lowest BCUT2D eigenvalue weighted by Crippen LogP contribution is -1.99. The van der Waals surface area contributed by atoms with E-state index in [4.69, 9.17) is 5.73 Å². The maximum atomic E-state index is 11.0. The Hall–Kier alpha value is -1.04. The Balaban J connectivity index is 3.27. The Morgan fingerprint density at radius 3 is 2.50 bits per heavy atom. The van der Waals surface area contributed by atoms with Crippen molar-refractivity contribution in [3.63, 3.8) is 0 Å². The highest BCUT2D eigenvalue weighted by Gasteiger charge is 2.14. The third-order valence-electron chi connectivity index (χ3n) is 1.48. The van der Waals surface area contributed by atoms with Gasteiger partial charge in [-0.3, -0.25) is 4.68 Å². The second kappa shape index (κ2) is 2.78. The first kappa shape index (κ1) is 9.05. The van der Waals surface area contributed by atoms with Crippen molar-refractivity contribution in [1.82, 2.24) is 9.78 Å². The second-order valence-electron chi connectivity index (χ2n) is 2.51. The fourth-order valence-electron chi connectivity index (χ4n) is 0.866. The summed E-state index contributed by atoms with van der Waals surface area (Å²) in [5, 5.41) is 3.81. The highest BCUT2D eigenvalue weighted by molar-refractivity contribution is 7.90. The normalized spacial score (nSPS) is 11.8. The van der Waals surface area contributed by atoms with Crippen LogP contribution in [0.4, 0.5) is 5.82 Å². The quantitative estimate of drug-likeness (QED) is 0.704. The van der Waals surface area contributed by atoms with Crippen LogP contribution in [-0.4, -0.2) is 24.5 Å². The maximum Gasteiger partial charge on any atom is 0.180 e. The third kappa shape index (κ3) is 1.58. The van der Waals surface area contributed by atoms with Crippen molar-refractivity contribution in [3.8, 4) is 0 Å². The molecule has 0 saturated heterocycles. The van der Waals surface area contributed by atoms with Gasteiger partial charge in [0.2, 0.25) is 0 Å². The van der Waals surface area contributed by atoms with Gasteiger partial charge in [-0.25, -0.2) is 8.42 Å². The number of nitrogens with two attached hydrogens (primary N) is 1. The summed E-state index contributed by atoms with van der Waals surface area (Å²) in [5.41, 5.74) is 5.39. The van der Waals surface area contributed by atoms with E-state index >= 15 is 0 Å². The molecule has 0 saturated carbocycles. The van der Waals surface area contributed by atoms with Crippen LogP contribution < -0.4 is 5.73 Å². The molecule has 1 aromatic rings. The minimum Gasteiger partial charge on any atom is -0.381 e. The molecule has 1 aromatic heterocycles. The van der Waals surface area contributed by atoms with Crippen molar-refractivity contribution in [2.24, 2.45) is 0 Å². The van der Waals surface area contributed by atoms with Gasteiger partial charge in [0.25, 0.3) is 0 Å². The smallest absolute Gasteiger partial charge is 0.180 e. The summed E-state index contributed by atoms with van der Waals surface area (Å²) in [4.78, 5) is 0.101. The molecule has 12 heavy (non-hydrogen) atoms. The summed E-state index contributed by atoms with van der Waals surface area (Å²) in [7, 11) is -3.23. The van der Waals surface area contributed by atoms with Crippen molar-refractivity contribution in [2.45, 2.75) is 18.4 Å². The number of nitrogens with zero attached hydrogens (tertiary/aromatic N) is 2. The van der Waals surface area contributed by atoms with Crippen LogP contribution in [0.2, 0.25) is 0 Å². The van der Waals surface area contributed by atoms with Crippen LogP contribution in [-0.2, 0) is 16.4 Å². The number of sulfone groups is 1. The van der Waals surface area contributed by atoms with Crippen molar-refractivity contribution < 1.29 is 8.42 Å². The number of aryl methyl sites for hydroxylation is 1. The summed E-state index contributed by atoms with van der Waals surface area (Å²) in [6.45, 7) is 2.47. The molecule has 0 bridgehead atoms. The van der Waals surface area contributed by atoms with Crippen LogP contribution in [0.5, 0.6) is 0 Å². The molecule has 0 aliphatic heterocycles. The van der Waals surface area contributed by atoms with Gasteiger partial charge in [0.1, 0.15) is 4.90 Å². The first-order valence-electron chi connectivity index (χ1n) is 3.48. The van der Waals surface area contributed by atoms with E-state index in [0.29, 0.717) is 6.54 Å². The second-order valence-corrected chi connectivity index (χ2v) is 4.49. The van der Waals surface area contributed by atoms with Gasteiger partial charge >= 0.3 is 0 Å². The van der Waals surface area contributed by atoms with Gasteiger partial charge in [-0.05, 0) is 6.92 Å². The highest BCUT2D eigenvalue weighted by atomic mass is 32.2. The van der Waals surface area contributed by atoms with E-state index in [2.05, 4.69) is 5.10 Å². The van der Waals surface area contributed by atoms with Gasteiger partial charge in [-0.1, -0.05) is 0 Å². The lowest BCUT2D eigenvalue weighted by atomic mass is 10.6. The van der Waals surface area contributed by atoms with Gasteiger partial charge < -0.3 is 5.73 Å². The van der Waals surface area contributed by atoms with Gasteiger partial charge in [0.05, 0.1) is 0 Å². The molecular weight excluding hydrogens is 178 g/mol.